The molecule has 0 bridgehead atoms. The molecule has 0 saturated heterocycles. The van der Waals surface area contributed by atoms with Gasteiger partial charge in [0, 0.05) is 0 Å². The van der Waals surface area contributed by atoms with Gasteiger partial charge in [0.05, 0.1) is 6.42 Å². The van der Waals surface area contributed by atoms with E-state index in [1.54, 1.807) is 0 Å². The molecular formula is C7H13BrO2. The average molecular weight is 209 g/mol. The van der Waals surface area contributed by atoms with Crippen molar-refractivity contribution in [2.24, 2.45) is 5.41 Å². The van der Waals surface area contributed by atoms with Crippen LogP contribution in [0.5, 0.6) is 0 Å². The first-order chi connectivity index (χ1) is 4.45. The lowest BCUT2D eigenvalue weighted by molar-refractivity contribution is -0.143. The van der Waals surface area contributed by atoms with Gasteiger partial charge in [0.1, 0.15) is 5.52 Å². The SMILES string of the molecule is CC(C)(C)CC(=O)OCBr. The third kappa shape index (κ3) is 6.08. The number of esters is 1. The summed E-state index contributed by atoms with van der Waals surface area (Å²) in [5, 5.41) is 0. The van der Waals surface area contributed by atoms with Crippen molar-refractivity contribution >= 4 is 21.9 Å². The van der Waals surface area contributed by atoms with Crippen LogP contribution in [0.4, 0.5) is 0 Å². The van der Waals surface area contributed by atoms with Crippen LogP contribution in [0.25, 0.3) is 0 Å². The lowest BCUT2D eigenvalue weighted by Crippen LogP contribution is -2.14. The maximum atomic E-state index is 10.8. The highest BCUT2D eigenvalue weighted by Gasteiger charge is 2.16. The first kappa shape index (κ1) is 9.95. The van der Waals surface area contributed by atoms with Gasteiger partial charge in [0.25, 0.3) is 0 Å². The van der Waals surface area contributed by atoms with Crippen molar-refractivity contribution in [2.45, 2.75) is 27.2 Å². The van der Waals surface area contributed by atoms with E-state index in [0.29, 0.717) is 11.9 Å². The van der Waals surface area contributed by atoms with Crippen molar-refractivity contribution in [2.75, 3.05) is 5.52 Å². The first-order valence-corrected chi connectivity index (χ1v) is 4.29. The summed E-state index contributed by atoms with van der Waals surface area (Å²) < 4.78 is 4.70. The molecule has 0 aromatic rings. The maximum absolute atomic E-state index is 10.8. The third-order valence-electron chi connectivity index (χ3n) is 0.890. The number of ether oxygens (including phenoxy) is 1. The molecule has 3 heteroatoms. The minimum Gasteiger partial charge on any atom is -0.454 e. The minimum absolute atomic E-state index is 0.0270. The Kier molecular flexibility index (Phi) is 3.94. The molecule has 0 fully saturated rings. The van der Waals surface area contributed by atoms with Gasteiger partial charge in [-0.15, -0.1) is 0 Å². The Hall–Kier alpha value is -0.0500. The molecule has 0 aliphatic rings. The number of hydrogen-bond donors (Lipinski definition) is 0. The number of hydrogen-bond acceptors (Lipinski definition) is 2. The lowest BCUT2D eigenvalue weighted by atomic mass is 9.93. The Morgan fingerprint density at radius 1 is 1.50 bits per heavy atom. The zero-order chi connectivity index (χ0) is 8.20. The average Bonchev–Trinajstić information content (AvgIpc) is 1.59. The molecule has 0 saturated carbocycles. The normalized spacial score (nSPS) is 11.2. The van der Waals surface area contributed by atoms with E-state index in [1.165, 1.54) is 0 Å². The van der Waals surface area contributed by atoms with E-state index >= 15 is 0 Å². The topological polar surface area (TPSA) is 26.3 Å². The number of carbonyl (C=O) groups excluding carboxylic acids is 1. The molecule has 2 nitrogen and oxygen atoms in total. The fourth-order valence-corrected chi connectivity index (χ4v) is 0.800. The Morgan fingerprint density at radius 3 is 2.30 bits per heavy atom. The van der Waals surface area contributed by atoms with Crippen LogP contribution in [0, 0.1) is 5.41 Å². The summed E-state index contributed by atoms with van der Waals surface area (Å²) in [6.07, 6.45) is 0.471. The first-order valence-electron chi connectivity index (χ1n) is 3.17. The highest BCUT2D eigenvalue weighted by atomic mass is 79.9. The van der Waals surface area contributed by atoms with Crippen molar-refractivity contribution in [3.8, 4) is 0 Å². The molecule has 0 rings (SSSR count). The van der Waals surface area contributed by atoms with Gasteiger partial charge in [0.2, 0.25) is 0 Å². The van der Waals surface area contributed by atoms with Crippen molar-refractivity contribution in [3.05, 3.63) is 0 Å². The van der Waals surface area contributed by atoms with Crippen molar-refractivity contribution in [1.29, 1.82) is 0 Å². The Balaban J connectivity index is 3.58. The summed E-state index contributed by atoms with van der Waals surface area (Å²) in [6, 6.07) is 0. The second-order valence-corrected chi connectivity index (χ2v) is 3.82. The monoisotopic (exact) mass is 208 g/mol. The van der Waals surface area contributed by atoms with E-state index in [9.17, 15) is 4.79 Å². The molecule has 10 heavy (non-hydrogen) atoms. The van der Waals surface area contributed by atoms with Crippen molar-refractivity contribution < 1.29 is 9.53 Å². The Morgan fingerprint density at radius 2 is 2.00 bits per heavy atom. The summed E-state index contributed by atoms with van der Waals surface area (Å²) in [5.74, 6) is -0.149. The van der Waals surface area contributed by atoms with Crippen LogP contribution in [-0.2, 0) is 9.53 Å². The van der Waals surface area contributed by atoms with Crippen molar-refractivity contribution in [3.63, 3.8) is 0 Å². The summed E-state index contributed by atoms with van der Waals surface area (Å²) in [7, 11) is 0. The fraction of sp³-hybridized carbons (Fsp3) is 0.857. The van der Waals surface area contributed by atoms with E-state index in [2.05, 4.69) is 15.9 Å². The number of carbonyl (C=O) groups is 1. The quantitative estimate of drug-likeness (QED) is 0.515. The van der Waals surface area contributed by atoms with Crippen LogP contribution in [0.1, 0.15) is 27.2 Å². The highest BCUT2D eigenvalue weighted by Crippen LogP contribution is 2.18. The van der Waals surface area contributed by atoms with Gasteiger partial charge in [-0.2, -0.15) is 0 Å². The van der Waals surface area contributed by atoms with Crippen LogP contribution in [0.15, 0.2) is 0 Å². The van der Waals surface area contributed by atoms with Gasteiger partial charge in [0.15, 0.2) is 0 Å². The molecular weight excluding hydrogens is 196 g/mol. The van der Waals surface area contributed by atoms with E-state index in [0.717, 1.165) is 0 Å². The molecule has 0 N–H and O–H groups in total. The van der Waals surface area contributed by atoms with E-state index in [1.807, 2.05) is 20.8 Å². The fourth-order valence-electron chi connectivity index (χ4n) is 0.545. The second-order valence-electron chi connectivity index (χ2n) is 3.36. The molecule has 0 aromatic heterocycles. The largest absolute Gasteiger partial charge is 0.454 e. The summed E-state index contributed by atoms with van der Waals surface area (Å²) in [5.41, 5.74) is 0.321. The van der Waals surface area contributed by atoms with Crippen LogP contribution in [0.2, 0.25) is 0 Å². The minimum atomic E-state index is -0.149. The Labute approximate surface area is 70.1 Å². The molecule has 0 amide bonds. The van der Waals surface area contributed by atoms with Gasteiger partial charge < -0.3 is 4.74 Å². The molecule has 0 atom stereocenters. The highest BCUT2D eigenvalue weighted by molar-refractivity contribution is 9.09. The second kappa shape index (κ2) is 3.96. The molecule has 0 heterocycles. The van der Waals surface area contributed by atoms with E-state index in [-0.39, 0.29) is 11.4 Å². The third-order valence-corrected chi connectivity index (χ3v) is 1.12. The lowest BCUT2D eigenvalue weighted by Gasteiger charge is -2.15. The Bertz CT molecular complexity index is 115. The van der Waals surface area contributed by atoms with Crippen molar-refractivity contribution in [1.82, 2.24) is 0 Å². The molecule has 0 aliphatic carbocycles. The standard InChI is InChI=1S/C7H13BrO2/c1-7(2,3)4-6(9)10-5-8/h4-5H2,1-3H3. The number of halogens is 1. The van der Waals surface area contributed by atoms with E-state index < -0.39 is 0 Å². The molecule has 60 valence electrons. The zero-order valence-electron chi connectivity index (χ0n) is 6.61. The summed E-state index contributed by atoms with van der Waals surface area (Å²) in [4.78, 5) is 10.8. The van der Waals surface area contributed by atoms with E-state index in [4.69, 9.17) is 4.74 Å². The molecule has 0 aromatic carbocycles. The van der Waals surface area contributed by atoms with Gasteiger partial charge >= 0.3 is 5.97 Å². The van der Waals surface area contributed by atoms with Gasteiger partial charge in [-0.1, -0.05) is 20.8 Å². The molecule has 0 unspecified atom stereocenters. The van der Waals surface area contributed by atoms with Gasteiger partial charge in [-0.05, 0) is 21.3 Å². The van der Waals surface area contributed by atoms with Crippen LogP contribution < -0.4 is 0 Å². The smallest absolute Gasteiger partial charge is 0.307 e. The van der Waals surface area contributed by atoms with Crippen LogP contribution in [0.3, 0.4) is 0 Å². The van der Waals surface area contributed by atoms with Gasteiger partial charge in [-0.25, -0.2) is 0 Å². The number of alkyl halides is 1. The molecule has 0 spiro atoms. The summed E-state index contributed by atoms with van der Waals surface area (Å²) in [6.45, 7) is 6.01. The predicted octanol–water partition coefficient (Wildman–Crippen LogP) is 2.32. The molecule has 0 aliphatic heterocycles. The van der Waals surface area contributed by atoms with Gasteiger partial charge in [-0.3, -0.25) is 4.79 Å². The molecule has 0 radical (unpaired) electrons. The maximum Gasteiger partial charge on any atom is 0.307 e. The predicted molar refractivity (Wildman–Crippen MR) is 44.0 cm³/mol. The number of rotatable bonds is 2. The van der Waals surface area contributed by atoms with Crippen LogP contribution in [-0.4, -0.2) is 11.5 Å². The zero-order valence-corrected chi connectivity index (χ0v) is 8.19. The van der Waals surface area contributed by atoms with Crippen LogP contribution >= 0.6 is 15.9 Å². The summed E-state index contributed by atoms with van der Waals surface area (Å²) >= 11 is 3.01.